The van der Waals surface area contributed by atoms with Crippen LogP contribution < -0.4 is 5.32 Å². The van der Waals surface area contributed by atoms with Crippen LogP contribution in [0.25, 0.3) is 0 Å². The number of nitrogens with one attached hydrogen (secondary N) is 1. The van der Waals surface area contributed by atoms with Crippen LogP contribution in [0.15, 0.2) is 12.1 Å². The summed E-state index contributed by atoms with van der Waals surface area (Å²) in [7, 11) is 0. The van der Waals surface area contributed by atoms with E-state index in [0.29, 0.717) is 0 Å². The molecule has 2 rings (SSSR count). The predicted octanol–water partition coefficient (Wildman–Crippen LogP) is 2.45. The summed E-state index contributed by atoms with van der Waals surface area (Å²) in [6.45, 7) is 0. The molecule has 15 heavy (non-hydrogen) atoms. The quantitative estimate of drug-likeness (QED) is 0.754. The molecule has 1 aliphatic rings. The Morgan fingerprint density at radius 2 is 1.87 bits per heavy atom. The molecule has 0 saturated heterocycles. The fourth-order valence-electron chi connectivity index (χ4n) is 1.20. The average Bonchev–Trinajstić information content (AvgIpc) is 3.02. The molecule has 0 unspecified atom stereocenters. The van der Waals surface area contributed by atoms with Gasteiger partial charge in [0.15, 0.2) is 17.5 Å². The summed E-state index contributed by atoms with van der Waals surface area (Å²) in [5, 5.41) is 2.22. The van der Waals surface area contributed by atoms with Crippen LogP contribution in [-0.4, -0.2) is 5.91 Å². The lowest BCUT2D eigenvalue weighted by atomic mass is 10.2. The van der Waals surface area contributed by atoms with E-state index in [1.54, 1.807) is 0 Å². The molecule has 0 radical (unpaired) electrons. The molecule has 1 aromatic carbocycles. The van der Waals surface area contributed by atoms with Crippen molar-refractivity contribution in [1.29, 1.82) is 0 Å². The maximum Gasteiger partial charge on any atom is 0.227 e. The Morgan fingerprint density at radius 3 is 2.47 bits per heavy atom. The number of carbonyl (C=O) groups excluding carboxylic acids is 1. The van der Waals surface area contributed by atoms with E-state index in [1.165, 1.54) is 0 Å². The second-order valence-corrected chi connectivity index (χ2v) is 3.49. The molecule has 1 fully saturated rings. The molecular weight excluding hydrogens is 207 g/mol. The van der Waals surface area contributed by atoms with Gasteiger partial charge >= 0.3 is 0 Å². The summed E-state index contributed by atoms with van der Waals surface area (Å²) in [5.41, 5.74) is -0.314. The van der Waals surface area contributed by atoms with Gasteiger partial charge in [0.25, 0.3) is 0 Å². The fraction of sp³-hybridized carbons (Fsp3) is 0.300. The minimum Gasteiger partial charge on any atom is -0.323 e. The lowest BCUT2D eigenvalue weighted by Gasteiger charge is -2.06. The van der Waals surface area contributed by atoms with Crippen LogP contribution in [-0.2, 0) is 4.79 Å². The average molecular weight is 215 g/mol. The number of halogens is 3. The summed E-state index contributed by atoms with van der Waals surface area (Å²) in [6, 6.07) is 1.79. The van der Waals surface area contributed by atoms with E-state index in [9.17, 15) is 18.0 Å². The first-order valence-corrected chi connectivity index (χ1v) is 4.54. The van der Waals surface area contributed by atoms with Gasteiger partial charge in [-0.3, -0.25) is 4.79 Å². The van der Waals surface area contributed by atoms with E-state index in [0.717, 1.165) is 25.0 Å². The van der Waals surface area contributed by atoms with Gasteiger partial charge in [-0.1, -0.05) is 0 Å². The van der Waals surface area contributed by atoms with Crippen molar-refractivity contribution in [2.75, 3.05) is 5.32 Å². The van der Waals surface area contributed by atoms with Crippen molar-refractivity contribution < 1.29 is 18.0 Å². The van der Waals surface area contributed by atoms with Crippen LogP contribution >= 0.6 is 0 Å². The molecule has 1 N–H and O–H groups in total. The third-order valence-electron chi connectivity index (χ3n) is 2.24. The molecule has 0 aromatic heterocycles. The third-order valence-corrected chi connectivity index (χ3v) is 2.24. The van der Waals surface area contributed by atoms with Gasteiger partial charge in [0.1, 0.15) is 0 Å². The van der Waals surface area contributed by atoms with Gasteiger partial charge < -0.3 is 5.32 Å². The molecule has 0 atom stereocenters. The van der Waals surface area contributed by atoms with Crippen molar-refractivity contribution in [3.8, 4) is 0 Å². The number of benzene rings is 1. The number of rotatable bonds is 2. The molecule has 80 valence electrons. The van der Waals surface area contributed by atoms with Crippen molar-refractivity contribution in [3.63, 3.8) is 0 Å². The SMILES string of the molecule is O=C(Nc1ccc(F)c(F)c1F)C1CC1. The standard InChI is InChI=1S/C10H8F3NO/c11-6-3-4-7(9(13)8(6)12)14-10(15)5-1-2-5/h3-5H,1-2H2,(H,14,15). The van der Waals surface area contributed by atoms with Crippen molar-refractivity contribution in [2.24, 2.45) is 5.92 Å². The zero-order valence-corrected chi connectivity index (χ0v) is 7.69. The zero-order valence-electron chi connectivity index (χ0n) is 7.69. The first-order valence-electron chi connectivity index (χ1n) is 4.54. The van der Waals surface area contributed by atoms with Gasteiger partial charge in [-0.15, -0.1) is 0 Å². The number of hydrogen-bond donors (Lipinski definition) is 1. The molecule has 2 nitrogen and oxygen atoms in total. The third kappa shape index (κ3) is 1.95. The molecule has 0 heterocycles. The highest BCUT2D eigenvalue weighted by Gasteiger charge is 2.30. The number of anilines is 1. The lowest BCUT2D eigenvalue weighted by molar-refractivity contribution is -0.117. The Balaban J connectivity index is 2.21. The Bertz CT molecular complexity index is 415. The second-order valence-electron chi connectivity index (χ2n) is 3.49. The van der Waals surface area contributed by atoms with Gasteiger partial charge in [-0.25, -0.2) is 13.2 Å². The molecule has 5 heteroatoms. The van der Waals surface area contributed by atoms with E-state index < -0.39 is 17.5 Å². The highest BCUT2D eigenvalue weighted by Crippen LogP contribution is 2.30. The Kier molecular flexibility index (Phi) is 2.38. The van der Waals surface area contributed by atoms with Crippen molar-refractivity contribution in [2.45, 2.75) is 12.8 Å². The molecule has 1 saturated carbocycles. The van der Waals surface area contributed by atoms with E-state index in [-0.39, 0.29) is 17.5 Å². The van der Waals surface area contributed by atoms with E-state index in [4.69, 9.17) is 0 Å². The highest BCUT2D eigenvalue weighted by atomic mass is 19.2. The first-order chi connectivity index (χ1) is 7.09. The number of amides is 1. The number of hydrogen-bond acceptors (Lipinski definition) is 1. The molecular formula is C10H8F3NO. The Hall–Kier alpha value is -1.52. The minimum absolute atomic E-state index is 0.113. The summed E-state index contributed by atoms with van der Waals surface area (Å²) in [6.07, 6.45) is 1.52. The van der Waals surface area contributed by atoms with Gasteiger partial charge in [-0.05, 0) is 25.0 Å². The van der Waals surface area contributed by atoms with Crippen LogP contribution in [0.5, 0.6) is 0 Å². The van der Waals surface area contributed by atoms with Crippen LogP contribution in [0.3, 0.4) is 0 Å². The van der Waals surface area contributed by atoms with E-state index in [2.05, 4.69) is 5.32 Å². The Morgan fingerprint density at radius 1 is 1.20 bits per heavy atom. The molecule has 0 spiro atoms. The summed E-state index contributed by atoms with van der Waals surface area (Å²) >= 11 is 0. The summed E-state index contributed by atoms with van der Waals surface area (Å²) < 4.78 is 38.4. The van der Waals surface area contributed by atoms with Gasteiger partial charge in [0.2, 0.25) is 5.91 Å². The molecule has 0 aliphatic heterocycles. The van der Waals surface area contributed by atoms with Gasteiger partial charge in [0.05, 0.1) is 5.69 Å². The molecule has 1 aliphatic carbocycles. The fourth-order valence-corrected chi connectivity index (χ4v) is 1.20. The van der Waals surface area contributed by atoms with Crippen molar-refractivity contribution in [1.82, 2.24) is 0 Å². The normalized spacial score (nSPS) is 15.1. The first kappa shape index (κ1) is 10.0. The largest absolute Gasteiger partial charge is 0.323 e. The monoisotopic (exact) mass is 215 g/mol. The van der Waals surface area contributed by atoms with Crippen LogP contribution in [0.1, 0.15) is 12.8 Å². The summed E-state index contributed by atoms with van der Waals surface area (Å²) in [5.74, 6) is -4.65. The summed E-state index contributed by atoms with van der Waals surface area (Å²) in [4.78, 5) is 11.2. The van der Waals surface area contributed by atoms with Crippen LogP contribution in [0.4, 0.5) is 18.9 Å². The van der Waals surface area contributed by atoms with Crippen molar-refractivity contribution in [3.05, 3.63) is 29.6 Å². The minimum atomic E-state index is -1.57. The predicted molar refractivity (Wildman–Crippen MR) is 47.7 cm³/mol. The molecule has 1 aromatic rings. The topological polar surface area (TPSA) is 29.1 Å². The van der Waals surface area contributed by atoms with Gasteiger partial charge in [0, 0.05) is 5.92 Å². The van der Waals surface area contributed by atoms with Crippen molar-refractivity contribution >= 4 is 11.6 Å². The highest BCUT2D eigenvalue weighted by molar-refractivity contribution is 5.94. The second kappa shape index (κ2) is 3.56. The smallest absolute Gasteiger partial charge is 0.227 e. The van der Waals surface area contributed by atoms with Gasteiger partial charge in [-0.2, -0.15) is 0 Å². The molecule has 1 amide bonds. The maximum atomic E-state index is 13.1. The van der Waals surface area contributed by atoms with E-state index >= 15 is 0 Å². The maximum absolute atomic E-state index is 13.1. The van der Waals surface area contributed by atoms with Crippen LogP contribution in [0, 0.1) is 23.4 Å². The number of carbonyl (C=O) groups is 1. The molecule has 0 bridgehead atoms. The van der Waals surface area contributed by atoms with E-state index in [1.807, 2.05) is 0 Å². The Labute approximate surface area is 84.1 Å². The van der Waals surface area contributed by atoms with Crippen LogP contribution in [0.2, 0.25) is 0 Å². The zero-order chi connectivity index (χ0) is 11.0. The lowest BCUT2D eigenvalue weighted by Crippen LogP contribution is -2.15.